The summed E-state index contributed by atoms with van der Waals surface area (Å²) in [4.78, 5) is 43.6. The number of ether oxygens (including phenoxy) is 2. The molecule has 3 unspecified atom stereocenters. The molecule has 2 heterocycles. The predicted molar refractivity (Wildman–Crippen MR) is 207 cm³/mol. The van der Waals surface area contributed by atoms with Crippen LogP contribution >= 0.6 is 0 Å². The van der Waals surface area contributed by atoms with Gasteiger partial charge in [-0.3, -0.25) is 0 Å². The van der Waals surface area contributed by atoms with Gasteiger partial charge in [-0.15, -0.1) is 26.2 Å². The van der Waals surface area contributed by atoms with Crippen molar-refractivity contribution in [1.29, 1.82) is 0 Å². The minimum Gasteiger partial charge on any atom is -0.465 e. The third kappa shape index (κ3) is 33.9. The van der Waals surface area contributed by atoms with Crippen molar-refractivity contribution in [3.05, 3.63) is 75.5 Å². The molecule has 0 saturated heterocycles. The monoisotopic (exact) mass is 913 g/mol. The topological polar surface area (TPSA) is 192 Å². The zero-order valence-electron chi connectivity index (χ0n) is 33.7. The van der Waals surface area contributed by atoms with Crippen LogP contribution in [0.5, 0.6) is 0 Å². The fourth-order valence-electron chi connectivity index (χ4n) is 3.27. The number of carbonyl (C=O) groups excluding carboxylic acids is 3. The summed E-state index contributed by atoms with van der Waals surface area (Å²) in [5.41, 5.74) is 0.878. The number of nitrogens with zero attached hydrogens (tertiary/aromatic N) is 4. The molecule has 4 N–H and O–H groups in total. The zero-order valence-corrected chi connectivity index (χ0v) is 39.4. The van der Waals surface area contributed by atoms with Crippen molar-refractivity contribution < 1.29 is 114 Å². The number of hydrogen-bond donors (Lipinski definition) is 4. The molecule has 0 aromatic carbocycles. The fourth-order valence-corrected chi connectivity index (χ4v) is 3.27. The van der Waals surface area contributed by atoms with Gasteiger partial charge in [-0.1, -0.05) is 53.9 Å². The SMILES string of the molecule is CCC.CCCC(C)C(C)CO.CO[B]O.O=CC(O)CO.[CH2-]CN(C[CH2-])c1ccc(C(=O)OC)cn1.[CH2-]CN(C[CH2-])c1ccc(C(=O)OC)cn1.[Y].[Y]. The van der Waals surface area contributed by atoms with Gasteiger partial charge < -0.3 is 76.8 Å². The molecule has 0 aliphatic rings. The Kier molecular flexibility index (Phi) is 54.9. The summed E-state index contributed by atoms with van der Waals surface area (Å²) in [6, 6.07) is 6.85. The number of aliphatic hydroxyl groups excluding tert-OH is 3. The van der Waals surface area contributed by atoms with E-state index in [1.165, 1.54) is 53.0 Å². The molecule has 0 saturated carbocycles. The van der Waals surface area contributed by atoms with Crippen molar-refractivity contribution in [2.75, 3.05) is 70.5 Å². The van der Waals surface area contributed by atoms with E-state index in [1.54, 1.807) is 24.3 Å². The Bertz CT molecular complexity index is 1030. The summed E-state index contributed by atoms with van der Waals surface area (Å²) in [6.45, 7) is 28.0. The van der Waals surface area contributed by atoms with Gasteiger partial charge in [0, 0.05) is 91.5 Å². The van der Waals surface area contributed by atoms with Crippen molar-refractivity contribution in [3.63, 3.8) is 0 Å². The van der Waals surface area contributed by atoms with E-state index >= 15 is 0 Å². The number of aliphatic hydroxyl groups is 3. The largest absolute Gasteiger partial charge is 0.484 e. The maximum atomic E-state index is 11.1. The molecular weight excluding hydrogens is 849 g/mol. The number of esters is 2. The van der Waals surface area contributed by atoms with Crippen molar-refractivity contribution in [2.24, 2.45) is 11.8 Å². The van der Waals surface area contributed by atoms with Gasteiger partial charge in [-0.25, -0.2) is 19.6 Å². The number of methoxy groups -OCH3 is 2. The van der Waals surface area contributed by atoms with Crippen molar-refractivity contribution in [1.82, 2.24) is 9.97 Å². The average molecular weight is 914 g/mol. The first-order valence-electron chi connectivity index (χ1n) is 16.9. The van der Waals surface area contributed by atoms with Gasteiger partial charge in [0.25, 0.3) is 0 Å². The Morgan fingerprint density at radius 3 is 1.30 bits per heavy atom. The van der Waals surface area contributed by atoms with E-state index in [0.29, 0.717) is 63.4 Å². The number of rotatable bonds is 15. The Morgan fingerprint density at radius 1 is 0.778 bits per heavy atom. The molecule has 3 atom stereocenters. The van der Waals surface area contributed by atoms with Gasteiger partial charge in [0.2, 0.25) is 0 Å². The summed E-state index contributed by atoms with van der Waals surface area (Å²) in [5, 5.41) is 32.2. The van der Waals surface area contributed by atoms with Gasteiger partial charge in [-0.2, -0.15) is 0 Å². The minimum absolute atomic E-state index is 0. The van der Waals surface area contributed by atoms with Crippen LogP contribution in [0.4, 0.5) is 11.6 Å². The maximum absolute atomic E-state index is 11.1. The summed E-state index contributed by atoms with van der Waals surface area (Å²) >= 11 is 0. The molecule has 2 aromatic rings. The molecule has 0 spiro atoms. The van der Waals surface area contributed by atoms with E-state index in [-0.39, 0.29) is 83.6 Å². The van der Waals surface area contributed by atoms with Crippen molar-refractivity contribution in [2.45, 2.75) is 60.0 Å². The molecule has 0 aliphatic carbocycles. The molecule has 3 radical (unpaired) electrons. The number of anilines is 2. The number of aldehydes is 1. The van der Waals surface area contributed by atoms with Crippen LogP contribution in [-0.4, -0.2) is 123 Å². The molecule has 2 rings (SSSR count). The van der Waals surface area contributed by atoms with E-state index < -0.39 is 12.7 Å². The van der Waals surface area contributed by atoms with E-state index in [0.717, 1.165) is 11.6 Å². The summed E-state index contributed by atoms with van der Waals surface area (Å²) in [5.74, 6) is 1.90. The third-order valence-electron chi connectivity index (χ3n) is 6.52. The third-order valence-corrected chi connectivity index (χ3v) is 6.52. The summed E-state index contributed by atoms with van der Waals surface area (Å²) in [7, 11) is 4.68. The Hall–Kier alpha value is -1.42. The molecule has 2 aromatic heterocycles. The normalized spacial score (nSPS) is 10.7. The molecule has 0 amide bonds. The van der Waals surface area contributed by atoms with Crippen molar-refractivity contribution >= 4 is 37.5 Å². The second-order valence-corrected chi connectivity index (χ2v) is 10.6. The number of hydrogen-bond acceptors (Lipinski definition) is 14. The summed E-state index contributed by atoms with van der Waals surface area (Å²) < 4.78 is 13.1. The zero-order chi connectivity index (χ0) is 40.9. The van der Waals surface area contributed by atoms with Crippen LogP contribution in [0.15, 0.2) is 36.7 Å². The first-order chi connectivity index (χ1) is 24.8. The molecule has 0 fully saturated rings. The predicted octanol–water partition coefficient (Wildman–Crippen LogP) is 3.85. The van der Waals surface area contributed by atoms with Crippen LogP contribution in [0.3, 0.4) is 0 Å². The number of pyridine rings is 2. The van der Waals surface area contributed by atoms with Crippen molar-refractivity contribution in [3.8, 4) is 0 Å². The second kappa shape index (κ2) is 46.0. The number of aromatic nitrogens is 2. The Balaban J connectivity index is -0.000000138. The maximum Gasteiger partial charge on any atom is 0.484 e. The average Bonchev–Trinajstić information content (AvgIpc) is 3.19. The molecule has 305 valence electrons. The molecule has 17 heteroatoms. The van der Waals surface area contributed by atoms with Crippen LogP contribution in [0.2, 0.25) is 0 Å². The van der Waals surface area contributed by atoms with Crippen LogP contribution in [-0.2, 0) is 84.3 Å². The van der Waals surface area contributed by atoms with E-state index in [1.807, 2.05) is 9.80 Å². The van der Waals surface area contributed by atoms with E-state index in [2.05, 4.69) is 86.4 Å². The molecule has 0 aliphatic heterocycles. The molecule has 14 nitrogen and oxygen atoms in total. The summed E-state index contributed by atoms with van der Waals surface area (Å²) in [6.07, 6.45) is 5.77. The first kappa shape index (κ1) is 64.5. The van der Waals surface area contributed by atoms with Crippen LogP contribution < -0.4 is 9.80 Å². The standard InChI is InChI=1S/2C11H14N2O2.C8H18O.C3H6O3.C3H8.CH4BO2.2Y/c2*1-4-13(5-2)10-7-6-9(8-12-10)11(14)15-3;1-4-5-7(2)8(3)6-9;4-1-3(6)2-5;1-3-2;1-4-2-3;;/h2*6-8H,1-2,4-5H2,3H3;7-9H,4-6H2,1-3H3;1,3,5-6H,2H2;3H2,1-2H3;3H,1H3;;/q2*-2;;;;;;. The van der Waals surface area contributed by atoms with E-state index in [4.69, 9.17) is 20.3 Å². The molecular formula is C37H64BN4O10Y2-4. The number of carbonyl (C=O) groups is 3. The van der Waals surface area contributed by atoms with Gasteiger partial charge in [0.05, 0.1) is 32.0 Å². The fraction of sp³-hybridized carbons (Fsp3) is 0.541. The van der Waals surface area contributed by atoms with E-state index in [9.17, 15) is 14.4 Å². The minimum atomic E-state index is -1.19. The van der Waals surface area contributed by atoms with Crippen LogP contribution in [0, 0.1) is 39.5 Å². The van der Waals surface area contributed by atoms with Crippen LogP contribution in [0.1, 0.15) is 74.6 Å². The molecule has 54 heavy (non-hydrogen) atoms. The van der Waals surface area contributed by atoms with Gasteiger partial charge in [-0.05, 0) is 36.1 Å². The molecule has 0 bridgehead atoms. The first-order valence-corrected chi connectivity index (χ1v) is 16.9. The Morgan fingerprint density at radius 2 is 1.13 bits per heavy atom. The smallest absolute Gasteiger partial charge is 0.465 e. The van der Waals surface area contributed by atoms with Gasteiger partial charge in [0.1, 0.15) is 17.7 Å². The van der Waals surface area contributed by atoms with Gasteiger partial charge in [0.15, 0.2) is 6.29 Å². The quantitative estimate of drug-likeness (QED) is 0.0873. The Labute approximate surface area is 376 Å². The van der Waals surface area contributed by atoms with Crippen LogP contribution in [0.25, 0.3) is 0 Å². The second-order valence-electron chi connectivity index (χ2n) is 10.6. The van der Waals surface area contributed by atoms with Gasteiger partial charge >= 0.3 is 19.6 Å².